The van der Waals surface area contributed by atoms with Crippen LogP contribution in [0, 0.1) is 0 Å². The van der Waals surface area contributed by atoms with Gasteiger partial charge in [-0.05, 0) is 49.4 Å². The number of rotatable bonds is 6. The second-order valence-corrected chi connectivity index (χ2v) is 6.93. The first kappa shape index (κ1) is 16.9. The summed E-state index contributed by atoms with van der Waals surface area (Å²) in [5, 5.41) is 3.28. The zero-order valence-corrected chi connectivity index (χ0v) is 15.7. The fourth-order valence-electron chi connectivity index (χ4n) is 3.52. The van der Waals surface area contributed by atoms with Gasteiger partial charge < -0.3 is 19.7 Å². The van der Waals surface area contributed by atoms with Gasteiger partial charge in [-0.2, -0.15) is 4.98 Å². The lowest BCUT2D eigenvalue weighted by atomic mass is 9.98. The van der Waals surface area contributed by atoms with Crippen molar-refractivity contribution in [2.45, 2.75) is 38.6 Å². The number of nitrogens with one attached hydrogen (secondary N) is 1. The van der Waals surface area contributed by atoms with Gasteiger partial charge in [0.15, 0.2) is 11.5 Å². The summed E-state index contributed by atoms with van der Waals surface area (Å²) in [5.74, 6) is 3.94. The standard InChI is InChI=1S/C20H26N4O2/c1-4-21-20-22-16(13-5-6-13)11-19(23-20)24-8-7-14-9-17(25-2)18(26-3)10-15(14)12-24/h9-11,13H,4-8,12H2,1-3H3,(H,21,22,23). The Hall–Kier alpha value is -2.50. The van der Waals surface area contributed by atoms with E-state index in [9.17, 15) is 0 Å². The van der Waals surface area contributed by atoms with E-state index in [4.69, 9.17) is 14.5 Å². The van der Waals surface area contributed by atoms with Crippen molar-refractivity contribution in [3.8, 4) is 11.5 Å². The van der Waals surface area contributed by atoms with Crippen molar-refractivity contribution in [3.05, 3.63) is 35.0 Å². The van der Waals surface area contributed by atoms with Crippen LogP contribution >= 0.6 is 0 Å². The minimum atomic E-state index is 0.607. The summed E-state index contributed by atoms with van der Waals surface area (Å²) >= 11 is 0. The molecule has 0 bridgehead atoms. The molecule has 1 fully saturated rings. The monoisotopic (exact) mass is 354 g/mol. The van der Waals surface area contributed by atoms with Crippen LogP contribution in [-0.4, -0.2) is 37.3 Å². The minimum absolute atomic E-state index is 0.607. The second kappa shape index (κ2) is 7.02. The average molecular weight is 354 g/mol. The van der Waals surface area contributed by atoms with Gasteiger partial charge in [-0.15, -0.1) is 0 Å². The van der Waals surface area contributed by atoms with Crippen LogP contribution in [0.5, 0.6) is 11.5 Å². The van der Waals surface area contributed by atoms with Crippen molar-refractivity contribution in [1.29, 1.82) is 0 Å². The Balaban J connectivity index is 1.64. The zero-order chi connectivity index (χ0) is 18.1. The molecular weight excluding hydrogens is 328 g/mol. The van der Waals surface area contributed by atoms with E-state index in [1.165, 1.54) is 29.7 Å². The molecule has 6 nitrogen and oxygen atoms in total. The molecule has 0 unspecified atom stereocenters. The molecule has 4 rings (SSSR count). The fourth-order valence-corrected chi connectivity index (χ4v) is 3.52. The van der Waals surface area contributed by atoms with Gasteiger partial charge in [-0.3, -0.25) is 0 Å². The van der Waals surface area contributed by atoms with Gasteiger partial charge in [0, 0.05) is 31.6 Å². The van der Waals surface area contributed by atoms with Gasteiger partial charge in [-0.1, -0.05) is 0 Å². The molecule has 2 heterocycles. The molecule has 2 aliphatic rings. The van der Waals surface area contributed by atoms with Crippen LogP contribution < -0.4 is 19.7 Å². The summed E-state index contributed by atoms with van der Waals surface area (Å²) in [6.07, 6.45) is 3.44. The minimum Gasteiger partial charge on any atom is -0.493 e. The van der Waals surface area contributed by atoms with E-state index in [1.807, 2.05) is 0 Å². The van der Waals surface area contributed by atoms with Gasteiger partial charge in [-0.25, -0.2) is 4.98 Å². The maximum absolute atomic E-state index is 5.47. The van der Waals surface area contributed by atoms with E-state index in [0.717, 1.165) is 49.3 Å². The summed E-state index contributed by atoms with van der Waals surface area (Å²) in [7, 11) is 3.36. The summed E-state index contributed by atoms with van der Waals surface area (Å²) in [5.41, 5.74) is 3.76. The van der Waals surface area contributed by atoms with Crippen LogP contribution in [0.1, 0.15) is 42.5 Å². The molecule has 1 aliphatic heterocycles. The van der Waals surface area contributed by atoms with Crippen LogP contribution in [0.4, 0.5) is 11.8 Å². The van der Waals surface area contributed by atoms with Crippen molar-refractivity contribution in [2.24, 2.45) is 0 Å². The topological polar surface area (TPSA) is 59.5 Å². The first-order chi connectivity index (χ1) is 12.7. The number of hydrogen-bond acceptors (Lipinski definition) is 6. The molecule has 1 aromatic heterocycles. The van der Waals surface area contributed by atoms with E-state index in [1.54, 1.807) is 14.2 Å². The molecule has 1 saturated carbocycles. The second-order valence-electron chi connectivity index (χ2n) is 6.93. The summed E-state index contributed by atoms with van der Waals surface area (Å²) in [4.78, 5) is 11.8. The highest BCUT2D eigenvalue weighted by atomic mass is 16.5. The van der Waals surface area contributed by atoms with Gasteiger partial charge in [0.25, 0.3) is 0 Å². The molecule has 0 radical (unpaired) electrons. The quantitative estimate of drug-likeness (QED) is 0.858. The van der Waals surface area contributed by atoms with Crippen molar-refractivity contribution >= 4 is 11.8 Å². The van der Waals surface area contributed by atoms with Crippen molar-refractivity contribution in [1.82, 2.24) is 9.97 Å². The van der Waals surface area contributed by atoms with E-state index < -0.39 is 0 Å². The first-order valence-corrected chi connectivity index (χ1v) is 9.33. The van der Waals surface area contributed by atoms with Crippen LogP contribution in [0.25, 0.3) is 0 Å². The molecule has 1 aliphatic carbocycles. The van der Waals surface area contributed by atoms with E-state index in [2.05, 4.69) is 40.3 Å². The van der Waals surface area contributed by atoms with Crippen LogP contribution in [-0.2, 0) is 13.0 Å². The highest BCUT2D eigenvalue weighted by Gasteiger charge is 2.28. The van der Waals surface area contributed by atoms with E-state index in [0.29, 0.717) is 5.92 Å². The third-order valence-electron chi connectivity index (χ3n) is 5.10. The lowest BCUT2D eigenvalue weighted by Crippen LogP contribution is -2.31. The van der Waals surface area contributed by atoms with Gasteiger partial charge >= 0.3 is 0 Å². The number of fused-ring (bicyclic) bond motifs is 1. The van der Waals surface area contributed by atoms with Crippen LogP contribution in [0.15, 0.2) is 18.2 Å². The Bertz CT molecular complexity index is 805. The maximum atomic E-state index is 5.47. The normalized spacial score (nSPS) is 16.2. The van der Waals surface area contributed by atoms with Gasteiger partial charge in [0.1, 0.15) is 5.82 Å². The van der Waals surface area contributed by atoms with Crippen molar-refractivity contribution in [3.63, 3.8) is 0 Å². The van der Waals surface area contributed by atoms with Crippen LogP contribution in [0.3, 0.4) is 0 Å². The highest BCUT2D eigenvalue weighted by Crippen LogP contribution is 2.41. The van der Waals surface area contributed by atoms with E-state index >= 15 is 0 Å². The third kappa shape index (κ3) is 3.28. The molecule has 26 heavy (non-hydrogen) atoms. The lowest BCUT2D eigenvalue weighted by Gasteiger charge is -2.31. The summed E-state index contributed by atoms with van der Waals surface area (Å²) in [6.45, 7) is 4.66. The Kier molecular flexibility index (Phi) is 4.57. The predicted octanol–water partition coefficient (Wildman–Crippen LogP) is 3.37. The number of ether oxygens (including phenoxy) is 2. The molecule has 0 spiro atoms. The Morgan fingerprint density at radius 3 is 2.46 bits per heavy atom. The highest BCUT2D eigenvalue weighted by molar-refractivity contribution is 5.53. The number of methoxy groups -OCH3 is 2. The first-order valence-electron chi connectivity index (χ1n) is 9.33. The number of aromatic nitrogens is 2. The molecule has 0 amide bonds. The number of nitrogens with zero attached hydrogens (tertiary/aromatic N) is 3. The molecule has 0 saturated heterocycles. The predicted molar refractivity (Wildman–Crippen MR) is 102 cm³/mol. The molecule has 138 valence electrons. The third-order valence-corrected chi connectivity index (χ3v) is 5.10. The Labute approximate surface area is 154 Å². The molecule has 2 aromatic rings. The largest absolute Gasteiger partial charge is 0.493 e. The maximum Gasteiger partial charge on any atom is 0.224 e. The average Bonchev–Trinajstić information content (AvgIpc) is 3.51. The number of anilines is 2. The number of benzene rings is 1. The van der Waals surface area contributed by atoms with Crippen molar-refractivity contribution < 1.29 is 9.47 Å². The molecule has 0 atom stereocenters. The lowest BCUT2D eigenvalue weighted by molar-refractivity contribution is 0.353. The number of hydrogen-bond donors (Lipinski definition) is 1. The summed E-state index contributed by atoms with van der Waals surface area (Å²) < 4.78 is 10.9. The van der Waals surface area contributed by atoms with Gasteiger partial charge in [0.05, 0.1) is 19.9 Å². The molecule has 6 heteroatoms. The summed E-state index contributed by atoms with van der Waals surface area (Å²) in [6, 6.07) is 6.37. The Morgan fingerprint density at radius 2 is 1.81 bits per heavy atom. The molecular formula is C20H26N4O2. The zero-order valence-electron chi connectivity index (χ0n) is 15.7. The van der Waals surface area contributed by atoms with Crippen LogP contribution in [0.2, 0.25) is 0 Å². The molecule has 1 aromatic carbocycles. The smallest absolute Gasteiger partial charge is 0.224 e. The molecule has 1 N–H and O–H groups in total. The van der Waals surface area contributed by atoms with Crippen molar-refractivity contribution in [2.75, 3.05) is 37.5 Å². The Morgan fingerprint density at radius 1 is 1.08 bits per heavy atom. The SMILES string of the molecule is CCNc1nc(C2CC2)cc(N2CCc3cc(OC)c(OC)cc3C2)n1. The van der Waals surface area contributed by atoms with E-state index in [-0.39, 0.29) is 0 Å². The van der Waals surface area contributed by atoms with Gasteiger partial charge in [0.2, 0.25) is 5.95 Å². The fraction of sp³-hybridized carbons (Fsp3) is 0.500.